The van der Waals surface area contributed by atoms with E-state index in [0.717, 1.165) is 40.9 Å². The Morgan fingerprint density at radius 2 is 2.00 bits per heavy atom. The van der Waals surface area contributed by atoms with Gasteiger partial charge in [-0.1, -0.05) is 23.7 Å². The van der Waals surface area contributed by atoms with Crippen molar-refractivity contribution in [3.8, 4) is 0 Å². The van der Waals surface area contributed by atoms with Crippen molar-refractivity contribution in [1.29, 1.82) is 0 Å². The first-order valence-electron chi connectivity index (χ1n) is 6.89. The third-order valence-electron chi connectivity index (χ3n) is 3.45. The number of aromatic nitrogens is 2. The minimum atomic E-state index is 0.707. The molecule has 108 valence electrons. The van der Waals surface area contributed by atoms with Gasteiger partial charge in [-0.3, -0.25) is 4.68 Å². The van der Waals surface area contributed by atoms with Gasteiger partial charge in [0.25, 0.3) is 0 Å². The molecule has 0 aliphatic heterocycles. The number of aryl methyl sites for hydroxylation is 2. The van der Waals surface area contributed by atoms with Crippen molar-refractivity contribution >= 4 is 23.0 Å². The molecule has 0 spiro atoms. The molecule has 2 aromatic rings. The first-order chi connectivity index (χ1) is 9.58. The Morgan fingerprint density at radius 1 is 1.30 bits per heavy atom. The summed E-state index contributed by atoms with van der Waals surface area (Å²) in [4.78, 5) is 2.21. The van der Waals surface area contributed by atoms with Crippen LogP contribution in [-0.4, -0.2) is 16.3 Å². The second-order valence-corrected chi connectivity index (χ2v) is 5.11. The number of anilines is 2. The Morgan fingerprint density at radius 3 is 2.60 bits per heavy atom. The summed E-state index contributed by atoms with van der Waals surface area (Å²) < 4.78 is 1.96. The molecule has 0 amide bonds. The number of hydrogen-bond acceptors (Lipinski definition) is 3. The van der Waals surface area contributed by atoms with Gasteiger partial charge in [0.1, 0.15) is 0 Å². The van der Waals surface area contributed by atoms with Crippen molar-refractivity contribution in [3.05, 3.63) is 40.7 Å². The molecule has 0 bridgehead atoms. The van der Waals surface area contributed by atoms with Crippen LogP contribution >= 0.6 is 11.6 Å². The Balaban J connectivity index is 2.34. The van der Waals surface area contributed by atoms with Gasteiger partial charge in [-0.15, -0.1) is 0 Å². The third-order valence-corrected chi connectivity index (χ3v) is 3.94. The molecule has 0 saturated carbocycles. The molecule has 1 heterocycles. The van der Waals surface area contributed by atoms with Crippen LogP contribution in [0.3, 0.4) is 0 Å². The number of nitrogens with zero attached hydrogens (tertiary/aromatic N) is 3. The smallest absolute Gasteiger partial charge is 0.0865 e. The van der Waals surface area contributed by atoms with E-state index in [4.69, 9.17) is 17.3 Å². The molecule has 5 heteroatoms. The van der Waals surface area contributed by atoms with Gasteiger partial charge in [0.15, 0.2) is 0 Å². The minimum absolute atomic E-state index is 0.707. The SMILES string of the molecule is CCN(Cc1c(Cl)c(C)nn1CC)c1ccccc1N. The van der Waals surface area contributed by atoms with Gasteiger partial charge in [0.2, 0.25) is 0 Å². The van der Waals surface area contributed by atoms with Crippen LogP contribution < -0.4 is 10.6 Å². The molecule has 20 heavy (non-hydrogen) atoms. The average molecular weight is 293 g/mol. The monoisotopic (exact) mass is 292 g/mol. The molecule has 0 aliphatic carbocycles. The fourth-order valence-electron chi connectivity index (χ4n) is 2.34. The van der Waals surface area contributed by atoms with E-state index < -0.39 is 0 Å². The van der Waals surface area contributed by atoms with E-state index in [1.54, 1.807) is 0 Å². The Hall–Kier alpha value is -1.68. The van der Waals surface area contributed by atoms with Crippen LogP contribution in [0.25, 0.3) is 0 Å². The van der Waals surface area contributed by atoms with Gasteiger partial charge >= 0.3 is 0 Å². The molecule has 0 saturated heterocycles. The van der Waals surface area contributed by atoms with Gasteiger partial charge in [-0.05, 0) is 32.9 Å². The maximum absolute atomic E-state index is 6.38. The summed E-state index contributed by atoms with van der Waals surface area (Å²) >= 11 is 6.38. The fraction of sp³-hybridized carbons (Fsp3) is 0.400. The van der Waals surface area contributed by atoms with E-state index >= 15 is 0 Å². The Kier molecular flexibility index (Phi) is 4.55. The highest BCUT2D eigenvalue weighted by atomic mass is 35.5. The standard InChI is InChI=1S/C15H21ClN4/c1-4-19(13-9-7-6-8-12(13)17)10-14-15(16)11(3)18-20(14)5-2/h6-9H,4-5,10,17H2,1-3H3. The number of nitrogen functional groups attached to an aromatic ring is 1. The summed E-state index contributed by atoms with van der Waals surface area (Å²) in [6.45, 7) is 8.49. The quantitative estimate of drug-likeness (QED) is 0.858. The van der Waals surface area contributed by atoms with E-state index in [2.05, 4.69) is 23.8 Å². The van der Waals surface area contributed by atoms with Crippen LogP contribution in [0.2, 0.25) is 5.02 Å². The third kappa shape index (κ3) is 2.75. The topological polar surface area (TPSA) is 47.1 Å². The van der Waals surface area contributed by atoms with Crippen molar-refractivity contribution < 1.29 is 0 Å². The maximum Gasteiger partial charge on any atom is 0.0865 e. The van der Waals surface area contributed by atoms with Crippen molar-refractivity contribution in [2.75, 3.05) is 17.2 Å². The number of nitrogens with two attached hydrogens (primary N) is 1. The Labute approximate surface area is 125 Å². The van der Waals surface area contributed by atoms with Crippen molar-refractivity contribution in [2.45, 2.75) is 33.9 Å². The lowest BCUT2D eigenvalue weighted by Gasteiger charge is -2.25. The lowest BCUT2D eigenvalue weighted by atomic mass is 10.2. The summed E-state index contributed by atoms with van der Waals surface area (Å²) in [5, 5.41) is 5.21. The molecular formula is C15H21ClN4. The van der Waals surface area contributed by atoms with E-state index in [1.165, 1.54) is 0 Å². The molecule has 0 radical (unpaired) electrons. The summed E-state index contributed by atoms with van der Waals surface area (Å²) in [5.74, 6) is 0. The summed E-state index contributed by atoms with van der Waals surface area (Å²) in [5.41, 5.74) is 9.80. The van der Waals surface area contributed by atoms with Gasteiger partial charge in [0, 0.05) is 13.1 Å². The average Bonchev–Trinajstić information content (AvgIpc) is 2.73. The molecule has 0 fully saturated rings. The first-order valence-corrected chi connectivity index (χ1v) is 7.27. The molecule has 0 atom stereocenters. The number of rotatable bonds is 5. The van der Waals surface area contributed by atoms with Gasteiger partial charge in [0.05, 0.1) is 34.3 Å². The second kappa shape index (κ2) is 6.18. The molecule has 2 rings (SSSR count). The van der Waals surface area contributed by atoms with Gasteiger partial charge in [-0.25, -0.2) is 0 Å². The highest BCUT2D eigenvalue weighted by Crippen LogP contribution is 2.27. The zero-order chi connectivity index (χ0) is 14.7. The maximum atomic E-state index is 6.38. The fourth-order valence-corrected chi connectivity index (χ4v) is 2.54. The minimum Gasteiger partial charge on any atom is -0.397 e. The van der Waals surface area contributed by atoms with E-state index in [-0.39, 0.29) is 0 Å². The first kappa shape index (κ1) is 14.7. The molecule has 2 N–H and O–H groups in total. The highest BCUT2D eigenvalue weighted by molar-refractivity contribution is 6.31. The van der Waals surface area contributed by atoms with Crippen LogP contribution in [-0.2, 0) is 13.1 Å². The molecule has 0 aliphatic rings. The van der Waals surface area contributed by atoms with Crippen LogP contribution in [0, 0.1) is 6.92 Å². The Bertz CT molecular complexity index is 592. The molecule has 1 aromatic heterocycles. The zero-order valence-corrected chi connectivity index (χ0v) is 13.0. The predicted molar refractivity (Wildman–Crippen MR) is 85.2 cm³/mol. The number of halogens is 1. The normalized spacial score (nSPS) is 10.8. The molecule has 1 aromatic carbocycles. The highest BCUT2D eigenvalue weighted by Gasteiger charge is 2.16. The summed E-state index contributed by atoms with van der Waals surface area (Å²) in [6, 6.07) is 7.90. The zero-order valence-electron chi connectivity index (χ0n) is 12.2. The van der Waals surface area contributed by atoms with Crippen molar-refractivity contribution in [2.24, 2.45) is 0 Å². The van der Waals surface area contributed by atoms with Crippen LogP contribution in [0.4, 0.5) is 11.4 Å². The summed E-state index contributed by atoms with van der Waals surface area (Å²) in [7, 11) is 0. The van der Waals surface area contributed by atoms with E-state index in [1.807, 2.05) is 35.9 Å². The van der Waals surface area contributed by atoms with Crippen LogP contribution in [0.5, 0.6) is 0 Å². The van der Waals surface area contributed by atoms with E-state index in [0.29, 0.717) is 6.54 Å². The molecule has 4 nitrogen and oxygen atoms in total. The van der Waals surface area contributed by atoms with Crippen LogP contribution in [0.15, 0.2) is 24.3 Å². The second-order valence-electron chi connectivity index (χ2n) is 4.73. The van der Waals surface area contributed by atoms with Crippen molar-refractivity contribution in [1.82, 2.24) is 9.78 Å². The number of benzene rings is 1. The largest absolute Gasteiger partial charge is 0.397 e. The lowest BCUT2D eigenvalue weighted by molar-refractivity contribution is 0.608. The van der Waals surface area contributed by atoms with E-state index in [9.17, 15) is 0 Å². The molecular weight excluding hydrogens is 272 g/mol. The lowest BCUT2D eigenvalue weighted by Crippen LogP contribution is -2.25. The number of hydrogen-bond donors (Lipinski definition) is 1. The predicted octanol–water partition coefficient (Wildman–Crippen LogP) is 3.47. The van der Waals surface area contributed by atoms with Crippen LogP contribution in [0.1, 0.15) is 25.2 Å². The van der Waals surface area contributed by atoms with Gasteiger partial charge < -0.3 is 10.6 Å². The van der Waals surface area contributed by atoms with Gasteiger partial charge in [-0.2, -0.15) is 5.10 Å². The molecule has 0 unspecified atom stereocenters. The number of para-hydroxylation sites is 2. The van der Waals surface area contributed by atoms with Crippen molar-refractivity contribution in [3.63, 3.8) is 0 Å². The summed E-state index contributed by atoms with van der Waals surface area (Å²) in [6.07, 6.45) is 0.